The average Bonchev–Trinajstić information content (AvgIpc) is 2.26. The van der Waals surface area contributed by atoms with E-state index in [-0.39, 0.29) is 11.1 Å². The Kier molecular flexibility index (Phi) is 3.96. The summed E-state index contributed by atoms with van der Waals surface area (Å²) in [6.45, 7) is 5.97. The van der Waals surface area contributed by atoms with Crippen molar-refractivity contribution in [2.45, 2.75) is 32.1 Å². The summed E-state index contributed by atoms with van der Waals surface area (Å²) in [5.74, 6) is 1.54. The quantitative estimate of drug-likeness (QED) is 0.928. The summed E-state index contributed by atoms with van der Waals surface area (Å²) in [6, 6.07) is 5.42. The molecule has 0 radical (unpaired) electrons. The Bertz CT molecular complexity index is 643. The molecule has 2 aromatic rings. The van der Waals surface area contributed by atoms with Crippen molar-refractivity contribution in [1.29, 1.82) is 0 Å². The van der Waals surface area contributed by atoms with Gasteiger partial charge in [0, 0.05) is 29.3 Å². The van der Waals surface area contributed by atoms with Gasteiger partial charge in [0.2, 0.25) is 0 Å². The number of fused-ring (bicyclic) bond motifs is 1. The standard InChI is InChI=1S/C14H19N3OS/c1-10-4-5-17-12(6-10)16-11(7-13(17)18)8-19-9-14(2,3)15/h4-7H,8-9,15H2,1-3H3. The van der Waals surface area contributed by atoms with Gasteiger partial charge in [0.25, 0.3) is 5.56 Å². The largest absolute Gasteiger partial charge is 0.325 e. The van der Waals surface area contributed by atoms with Crippen molar-refractivity contribution in [3.8, 4) is 0 Å². The first-order valence-electron chi connectivity index (χ1n) is 6.21. The number of nitrogens with two attached hydrogens (primary N) is 1. The highest BCUT2D eigenvalue weighted by atomic mass is 32.2. The molecular formula is C14H19N3OS. The van der Waals surface area contributed by atoms with Crippen LogP contribution in [0.1, 0.15) is 25.1 Å². The molecule has 2 rings (SSSR count). The molecule has 2 heterocycles. The summed E-state index contributed by atoms with van der Waals surface area (Å²) in [5, 5.41) is 0. The van der Waals surface area contributed by atoms with Crippen LogP contribution >= 0.6 is 11.8 Å². The van der Waals surface area contributed by atoms with E-state index in [0.29, 0.717) is 11.4 Å². The van der Waals surface area contributed by atoms with Crippen LogP contribution in [0.5, 0.6) is 0 Å². The first-order chi connectivity index (χ1) is 8.85. The monoisotopic (exact) mass is 277 g/mol. The van der Waals surface area contributed by atoms with Crippen molar-refractivity contribution in [3.63, 3.8) is 0 Å². The number of hydrogen-bond acceptors (Lipinski definition) is 4. The first-order valence-corrected chi connectivity index (χ1v) is 7.36. The van der Waals surface area contributed by atoms with Crippen LogP contribution in [-0.2, 0) is 5.75 Å². The molecule has 0 amide bonds. The Labute approximate surface area is 117 Å². The van der Waals surface area contributed by atoms with E-state index in [1.807, 2.05) is 32.9 Å². The van der Waals surface area contributed by atoms with E-state index in [2.05, 4.69) is 4.98 Å². The van der Waals surface area contributed by atoms with Gasteiger partial charge in [-0.15, -0.1) is 0 Å². The second-order valence-electron chi connectivity index (χ2n) is 5.50. The molecule has 4 nitrogen and oxygen atoms in total. The topological polar surface area (TPSA) is 60.4 Å². The van der Waals surface area contributed by atoms with Gasteiger partial charge in [-0.3, -0.25) is 9.20 Å². The fraction of sp³-hybridized carbons (Fsp3) is 0.429. The minimum atomic E-state index is -0.201. The number of thioether (sulfide) groups is 1. The van der Waals surface area contributed by atoms with Crippen LogP contribution in [0.2, 0.25) is 0 Å². The van der Waals surface area contributed by atoms with E-state index in [0.717, 1.165) is 17.0 Å². The van der Waals surface area contributed by atoms with Crippen LogP contribution in [0.3, 0.4) is 0 Å². The minimum Gasteiger partial charge on any atom is -0.325 e. The first kappa shape index (κ1) is 14.1. The van der Waals surface area contributed by atoms with Crippen molar-refractivity contribution < 1.29 is 0 Å². The molecule has 0 bridgehead atoms. The molecular weight excluding hydrogens is 258 g/mol. The maximum atomic E-state index is 12.0. The maximum Gasteiger partial charge on any atom is 0.258 e. The molecule has 0 unspecified atom stereocenters. The van der Waals surface area contributed by atoms with Gasteiger partial charge < -0.3 is 5.73 Å². The molecule has 0 saturated heterocycles. The highest BCUT2D eigenvalue weighted by Crippen LogP contribution is 2.15. The van der Waals surface area contributed by atoms with E-state index in [4.69, 9.17) is 5.73 Å². The maximum absolute atomic E-state index is 12.0. The van der Waals surface area contributed by atoms with Gasteiger partial charge in [-0.25, -0.2) is 4.98 Å². The number of rotatable bonds is 4. The van der Waals surface area contributed by atoms with Crippen LogP contribution in [0.25, 0.3) is 5.65 Å². The van der Waals surface area contributed by atoms with E-state index in [9.17, 15) is 4.79 Å². The summed E-state index contributed by atoms with van der Waals surface area (Å²) in [7, 11) is 0. The van der Waals surface area contributed by atoms with Crippen LogP contribution in [-0.4, -0.2) is 20.7 Å². The third kappa shape index (κ3) is 3.81. The third-order valence-electron chi connectivity index (χ3n) is 2.60. The van der Waals surface area contributed by atoms with Crippen molar-refractivity contribution in [1.82, 2.24) is 9.38 Å². The van der Waals surface area contributed by atoms with Gasteiger partial charge >= 0.3 is 0 Å². The molecule has 102 valence electrons. The highest BCUT2D eigenvalue weighted by molar-refractivity contribution is 7.98. The van der Waals surface area contributed by atoms with Crippen LogP contribution in [0.4, 0.5) is 0 Å². The SMILES string of the molecule is Cc1ccn2c(=O)cc(CSCC(C)(C)N)nc2c1. The second-order valence-corrected chi connectivity index (χ2v) is 6.48. The van der Waals surface area contributed by atoms with E-state index >= 15 is 0 Å². The van der Waals surface area contributed by atoms with E-state index < -0.39 is 0 Å². The van der Waals surface area contributed by atoms with Crippen LogP contribution in [0.15, 0.2) is 29.2 Å². The van der Waals surface area contributed by atoms with Crippen molar-refractivity contribution in [2.24, 2.45) is 5.73 Å². The van der Waals surface area contributed by atoms with Gasteiger partial charge in [-0.05, 0) is 38.5 Å². The molecule has 0 atom stereocenters. The lowest BCUT2D eigenvalue weighted by atomic mass is 10.1. The summed E-state index contributed by atoms with van der Waals surface area (Å²) in [5.41, 5.74) is 8.31. The Hall–Kier alpha value is -1.33. The zero-order valence-electron chi connectivity index (χ0n) is 11.5. The number of aromatic nitrogens is 2. The highest BCUT2D eigenvalue weighted by Gasteiger charge is 2.11. The number of pyridine rings is 1. The summed E-state index contributed by atoms with van der Waals surface area (Å²) in [4.78, 5) is 16.5. The van der Waals surface area contributed by atoms with E-state index in [1.165, 1.54) is 0 Å². The van der Waals surface area contributed by atoms with Gasteiger partial charge in [-0.1, -0.05) is 0 Å². The van der Waals surface area contributed by atoms with Crippen molar-refractivity contribution in [2.75, 3.05) is 5.75 Å². The molecule has 2 N–H and O–H groups in total. The van der Waals surface area contributed by atoms with Crippen molar-refractivity contribution in [3.05, 3.63) is 46.0 Å². The number of hydrogen-bond donors (Lipinski definition) is 1. The predicted octanol–water partition coefficient (Wildman–Crippen LogP) is 1.97. The van der Waals surface area contributed by atoms with Gasteiger partial charge in [0.05, 0.1) is 5.69 Å². The molecule has 0 aliphatic heterocycles. The fourth-order valence-corrected chi connectivity index (χ4v) is 2.73. The summed E-state index contributed by atoms with van der Waals surface area (Å²) >= 11 is 1.70. The lowest BCUT2D eigenvalue weighted by Crippen LogP contribution is -2.34. The molecule has 0 saturated carbocycles. The average molecular weight is 277 g/mol. The van der Waals surface area contributed by atoms with Crippen molar-refractivity contribution >= 4 is 17.4 Å². The molecule has 19 heavy (non-hydrogen) atoms. The molecule has 5 heteroatoms. The van der Waals surface area contributed by atoms with E-state index in [1.54, 1.807) is 28.4 Å². The fourth-order valence-electron chi connectivity index (χ4n) is 1.75. The van der Waals surface area contributed by atoms with Crippen LogP contribution < -0.4 is 11.3 Å². The predicted molar refractivity (Wildman–Crippen MR) is 80.6 cm³/mol. The molecule has 0 fully saturated rings. The summed E-state index contributed by atoms with van der Waals surface area (Å²) in [6.07, 6.45) is 1.76. The smallest absolute Gasteiger partial charge is 0.258 e. The Morgan fingerprint density at radius 2 is 2.16 bits per heavy atom. The van der Waals surface area contributed by atoms with Gasteiger partial charge in [0.15, 0.2) is 0 Å². The second kappa shape index (κ2) is 5.35. The molecule has 2 aromatic heterocycles. The third-order valence-corrected chi connectivity index (χ3v) is 4.05. The van der Waals surface area contributed by atoms with Crippen LogP contribution in [0, 0.1) is 6.92 Å². The van der Waals surface area contributed by atoms with Gasteiger partial charge in [0.1, 0.15) is 5.65 Å². The Morgan fingerprint density at radius 3 is 2.84 bits per heavy atom. The Balaban J connectivity index is 2.23. The minimum absolute atomic E-state index is 0.0346. The number of nitrogens with zero attached hydrogens (tertiary/aromatic N) is 2. The summed E-state index contributed by atoms with van der Waals surface area (Å²) < 4.78 is 1.56. The zero-order chi connectivity index (χ0) is 14.0. The van der Waals surface area contributed by atoms with Gasteiger partial charge in [-0.2, -0.15) is 11.8 Å². The Morgan fingerprint density at radius 1 is 1.42 bits per heavy atom. The zero-order valence-corrected chi connectivity index (χ0v) is 12.3. The molecule has 0 aliphatic carbocycles. The number of aryl methyl sites for hydroxylation is 1. The molecule has 0 aliphatic rings. The molecule has 0 aromatic carbocycles. The lowest BCUT2D eigenvalue weighted by molar-refractivity contribution is 0.591. The lowest BCUT2D eigenvalue weighted by Gasteiger charge is -2.17. The molecule has 0 spiro atoms. The normalized spacial score (nSPS) is 12.0.